The number of ether oxygens (including phenoxy) is 1. The van der Waals surface area contributed by atoms with Crippen molar-refractivity contribution in [3.8, 4) is 0 Å². The molecular formula is C17H21Cl2N3O2S. The molecule has 5 nitrogen and oxygen atoms in total. The second-order valence-corrected chi connectivity index (χ2v) is 7.42. The quantitative estimate of drug-likeness (QED) is 0.788. The van der Waals surface area contributed by atoms with Crippen LogP contribution < -0.4 is 5.32 Å². The lowest BCUT2D eigenvalue weighted by atomic mass is 10.2. The Morgan fingerprint density at radius 3 is 2.56 bits per heavy atom. The SMILES string of the molecule is O=C(C1CCCO1)N1CCN(C(=S)NCc2ccc(Cl)c(Cl)c2)CC1. The number of nitrogens with one attached hydrogen (secondary N) is 1. The van der Waals surface area contributed by atoms with E-state index < -0.39 is 0 Å². The molecule has 0 aromatic heterocycles. The maximum Gasteiger partial charge on any atom is 0.251 e. The average molecular weight is 402 g/mol. The van der Waals surface area contributed by atoms with Gasteiger partial charge in [0.05, 0.1) is 10.0 Å². The van der Waals surface area contributed by atoms with Crippen molar-refractivity contribution in [1.82, 2.24) is 15.1 Å². The number of piperazine rings is 1. The number of halogens is 2. The van der Waals surface area contributed by atoms with E-state index in [1.807, 2.05) is 17.0 Å². The number of benzene rings is 1. The fraction of sp³-hybridized carbons (Fsp3) is 0.529. The number of rotatable bonds is 3. The minimum atomic E-state index is -0.244. The molecule has 2 fully saturated rings. The molecule has 0 saturated carbocycles. The van der Waals surface area contributed by atoms with Crippen molar-refractivity contribution in [2.24, 2.45) is 0 Å². The lowest BCUT2D eigenvalue weighted by Crippen LogP contribution is -2.54. The average Bonchev–Trinajstić information content (AvgIpc) is 3.16. The Balaban J connectivity index is 1.44. The summed E-state index contributed by atoms with van der Waals surface area (Å²) in [5.41, 5.74) is 1.02. The third kappa shape index (κ3) is 4.76. The van der Waals surface area contributed by atoms with Crippen molar-refractivity contribution in [2.45, 2.75) is 25.5 Å². The van der Waals surface area contributed by atoms with Gasteiger partial charge < -0.3 is 19.9 Å². The van der Waals surface area contributed by atoms with Crippen molar-refractivity contribution in [1.29, 1.82) is 0 Å². The monoisotopic (exact) mass is 401 g/mol. The van der Waals surface area contributed by atoms with Crippen molar-refractivity contribution in [3.05, 3.63) is 33.8 Å². The van der Waals surface area contributed by atoms with E-state index in [1.165, 1.54) is 0 Å². The van der Waals surface area contributed by atoms with Crippen LogP contribution in [0.25, 0.3) is 0 Å². The summed E-state index contributed by atoms with van der Waals surface area (Å²) in [4.78, 5) is 16.3. The Labute approximate surface area is 163 Å². The van der Waals surface area contributed by atoms with E-state index in [0.29, 0.717) is 41.4 Å². The number of carbonyl (C=O) groups excluding carboxylic acids is 1. The van der Waals surface area contributed by atoms with Crippen LogP contribution in [0, 0.1) is 0 Å². The highest BCUT2D eigenvalue weighted by Crippen LogP contribution is 2.22. The van der Waals surface area contributed by atoms with E-state index in [4.69, 9.17) is 40.2 Å². The first-order chi connectivity index (χ1) is 12.0. The number of thiocarbonyl (C=S) groups is 1. The maximum atomic E-state index is 12.4. The van der Waals surface area contributed by atoms with Crippen molar-refractivity contribution < 1.29 is 9.53 Å². The zero-order valence-corrected chi connectivity index (χ0v) is 16.2. The molecule has 1 unspecified atom stereocenters. The summed E-state index contributed by atoms with van der Waals surface area (Å²) in [6.45, 7) is 4.09. The van der Waals surface area contributed by atoms with Crippen LogP contribution in [-0.2, 0) is 16.1 Å². The van der Waals surface area contributed by atoms with Gasteiger partial charge in [0.15, 0.2) is 5.11 Å². The molecule has 3 rings (SSSR count). The van der Waals surface area contributed by atoms with Crippen molar-refractivity contribution >= 4 is 46.4 Å². The highest BCUT2D eigenvalue weighted by atomic mass is 35.5. The third-order valence-electron chi connectivity index (χ3n) is 4.51. The van der Waals surface area contributed by atoms with Gasteiger partial charge in [0.2, 0.25) is 0 Å². The van der Waals surface area contributed by atoms with Crippen LogP contribution in [-0.4, -0.2) is 59.7 Å². The minimum absolute atomic E-state index is 0.117. The summed E-state index contributed by atoms with van der Waals surface area (Å²) in [6.07, 6.45) is 1.56. The fourth-order valence-corrected chi connectivity index (χ4v) is 3.62. The van der Waals surface area contributed by atoms with Crippen LogP contribution in [0.2, 0.25) is 10.0 Å². The highest BCUT2D eigenvalue weighted by Gasteiger charge is 2.30. The first kappa shape index (κ1) is 18.7. The van der Waals surface area contributed by atoms with Gasteiger partial charge in [-0.3, -0.25) is 4.79 Å². The number of hydrogen-bond donors (Lipinski definition) is 1. The molecule has 1 amide bonds. The zero-order chi connectivity index (χ0) is 17.8. The molecule has 2 saturated heterocycles. The van der Waals surface area contributed by atoms with E-state index in [-0.39, 0.29) is 12.0 Å². The van der Waals surface area contributed by atoms with Gasteiger partial charge in [-0.2, -0.15) is 0 Å². The van der Waals surface area contributed by atoms with Gasteiger partial charge in [-0.15, -0.1) is 0 Å². The largest absolute Gasteiger partial charge is 0.368 e. The number of carbonyl (C=O) groups is 1. The van der Waals surface area contributed by atoms with E-state index in [1.54, 1.807) is 6.07 Å². The van der Waals surface area contributed by atoms with Crippen LogP contribution >= 0.6 is 35.4 Å². The first-order valence-corrected chi connectivity index (χ1v) is 9.58. The zero-order valence-electron chi connectivity index (χ0n) is 13.8. The summed E-state index contributed by atoms with van der Waals surface area (Å²) in [5.74, 6) is 0.117. The van der Waals surface area contributed by atoms with Gasteiger partial charge >= 0.3 is 0 Å². The predicted molar refractivity (Wildman–Crippen MR) is 103 cm³/mol. The van der Waals surface area contributed by atoms with Gasteiger partial charge in [0, 0.05) is 39.3 Å². The summed E-state index contributed by atoms with van der Waals surface area (Å²) in [6, 6.07) is 5.53. The predicted octanol–water partition coefficient (Wildman–Crippen LogP) is 2.69. The van der Waals surface area contributed by atoms with Crippen LogP contribution in [0.5, 0.6) is 0 Å². The molecular weight excluding hydrogens is 381 g/mol. The molecule has 8 heteroatoms. The van der Waals surface area contributed by atoms with Gasteiger partial charge in [-0.1, -0.05) is 29.3 Å². The Morgan fingerprint density at radius 1 is 1.20 bits per heavy atom. The molecule has 1 aromatic rings. The topological polar surface area (TPSA) is 44.8 Å². The second kappa shape index (κ2) is 8.54. The number of hydrogen-bond acceptors (Lipinski definition) is 3. The molecule has 2 heterocycles. The molecule has 0 aliphatic carbocycles. The number of nitrogens with zero attached hydrogens (tertiary/aromatic N) is 2. The normalized spacial score (nSPS) is 20.6. The van der Waals surface area contributed by atoms with E-state index >= 15 is 0 Å². The van der Waals surface area contributed by atoms with Crippen molar-refractivity contribution in [2.75, 3.05) is 32.8 Å². The van der Waals surface area contributed by atoms with Gasteiger partial charge in [0.25, 0.3) is 5.91 Å². The lowest BCUT2D eigenvalue weighted by molar-refractivity contribution is -0.142. The molecule has 1 N–H and O–H groups in total. The number of amides is 1. The van der Waals surface area contributed by atoms with Crippen LogP contribution in [0.3, 0.4) is 0 Å². The van der Waals surface area contributed by atoms with Crippen molar-refractivity contribution in [3.63, 3.8) is 0 Å². The molecule has 25 heavy (non-hydrogen) atoms. The standard InChI is InChI=1S/C17H21Cl2N3O2S/c18-13-4-3-12(10-14(13)19)11-20-17(25)22-7-5-21(6-8-22)16(23)15-2-1-9-24-15/h3-4,10,15H,1-2,5-9,11H2,(H,20,25). The summed E-state index contributed by atoms with van der Waals surface area (Å²) >= 11 is 17.4. The maximum absolute atomic E-state index is 12.4. The molecule has 136 valence electrons. The second-order valence-electron chi connectivity index (χ2n) is 6.22. The minimum Gasteiger partial charge on any atom is -0.368 e. The van der Waals surface area contributed by atoms with Crippen LogP contribution in [0.15, 0.2) is 18.2 Å². The Hall–Kier alpha value is -1.08. The summed E-state index contributed by atoms with van der Waals surface area (Å²) in [7, 11) is 0. The molecule has 1 atom stereocenters. The van der Waals surface area contributed by atoms with Gasteiger partial charge in [-0.25, -0.2) is 0 Å². The van der Waals surface area contributed by atoms with Crippen LogP contribution in [0.4, 0.5) is 0 Å². The molecule has 2 aliphatic rings. The molecule has 0 bridgehead atoms. The highest BCUT2D eigenvalue weighted by molar-refractivity contribution is 7.80. The van der Waals surface area contributed by atoms with Gasteiger partial charge in [-0.05, 0) is 42.8 Å². The summed E-state index contributed by atoms with van der Waals surface area (Å²) < 4.78 is 5.48. The molecule has 0 spiro atoms. The molecule has 1 aromatic carbocycles. The van der Waals surface area contributed by atoms with Crippen LogP contribution in [0.1, 0.15) is 18.4 Å². The Bertz CT molecular complexity index is 645. The molecule has 2 aliphatic heterocycles. The first-order valence-electron chi connectivity index (χ1n) is 8.41. The van der Waals surface area contributed by atoms with Gasteiger partial charge in [0.1, 0.15) is 6.10 Å². The lowest BCUT2D eigenvalue weighted by Gasteiger charge is -2.37. The summed E-state index contributed by atoms with van der Waals surface area (Å²) in [5, 5.41) is 5.01. The van der Waals surface area contributed by atoms with E-state index in [0.717, 1.165) is 31.5 Å². The fourth-order valence-electron chi connectivity index (χ4n) is 3.05. The Kier molecular flexibility index (Phi) is 6.39. The third-order valence-corrected chi connectivity index (χ3v) is 5.65. The molecule has 0 radical (unpaired) electrons. The van der Waals surface area contributed by atoms with E-state index in [9.17, 15) is 4.79 Å². The Morgan fingerprint density at radius 2 is 1.92 bits per heavy atom. The van der Waals surface area contributed by atoms with E-state index in [2.05, 4.69) is 10.2 Å². The smallest absolute Gasteiger partial charge is 0.251 e.